The summed E-state index contributed by atoms with van der Waals surface area (Å²) in [5.41, 5.74) is -0.311. The molecule has 0 saturated carbocycles. The maximum absolute atomic E-state index is 13.5. The Morgan fingerprint density at radius 2 is 1.93 bits per heavy atom. The van der Waals surface area contributed by atoms with Crippen molar-refractivity contribution < 1.29 is 23.5 Å². The van der Waals surface area contributed by atoms with E-state index in [-0.39, 0.29) is 17.7 Å². The summed E-state index contributed by atoms with van der Waals surface area (Å²) in [4.78, 5) is 39.8. The van der Waals surface area contributed by atoms with Crippen molar-refractivity contribution in [3.8, 4) is 0 Å². The third kappa shape index (κ3) is 5.36. The summed E-state index contributed by atoms with van der Waals surface area (Å²) in [5, 5.41) is 5.63. The predicted octanol–water partition coefficient (Wildman–Crippen LogP) is 1.87. The van der Waals surface area contributed by atoms with Crippen LogP contribution in [0.2, 0.25) is 0 Å². The molecule has 1 spiro atoms. The summed E-state index contributed by atoms with van der Waals surface area (Å²) >= 11 is 0. The molecule has 3 amide bonds. The summed E-state index contributed by atoms with van der Waals surface area (Å²) in [6, 6.07) is 5.02. The Hall–Kier alpha value is -2.48. The van der Waals surface area contributed by atoms with Crippen LogP contribution >= 0.6 is 0 Å². The van der Waals surface area contributed by atoms with Crippen molar-refractivity contribution in [2.75, 3.05) is 32.8 Å². The summed E-state index contributed by atoms with van der Waals surface area (Å²) in [6.45, 7) is 3.97. The highest BCUT2D eigenvalue weighted by atomic mass is 19.1. The molecule has 2 N–H and O–H groups in total. The maximum Gasteiger partial charge on any atom is 0.253 e. The van der Waals surface area contributed by atoms with Gasteiger partial charge in [0.05, 0.1) is 12.0 Å². The number of nitrogens with zero attached hydrogens (tertiary/aromatic N) is 1. The van der Waals surface area contributed by atoms with E-state index in [0.29, 0.717) is 57.7 Å². The van der Waals surface area contributed by atoms with E-state index in [9.17, 15) is 18.8 Å². The second-order valence-electron chi connectivity index (χ2n) is 8.14. The van der Waals surface area contributed by atoms with Crippen molar-refractivity contribution in [1.29, 1.82) is 0 Å². The predicted molar refractivity (Wildman–Crippen MR) is 109 cm³/mol. The van der Waals surface area contributed by atoms with Crippen molar-refractivity contribution in [3.63, 3.8) is 0 Å². The first-order valence-electron chi connectivity index (χ1n) is 10.6. The smallest absolute Gasteiger partial charge is 0.253 e. The summed E-state index contributed by atoms with van der Waals surface area (Å²) in [6.07, 6.45) is 3.37. The standard InChI is InChI=1S/C22H30FN3O4/c1-16-19(27)24-10-14-30-13-3-2-7-22(21(29)25-16)8-11-26(12-9-22)20(28)17-5-4-6-18(23)15-17/h4-6,15-16H,2-3,7-14H2,1H3,(H,24,27)(H,25,29)/t16-/m0/s1. The number of halogens is 1. The van der Waals surface area contributed by atoms with Crippen LogP contribution in [0.4, 0.5) is 4.39 Å². The Balaban J connectivity index is 1.69. The molecule has 0 aromatic heterocycles. The maximum atomic E-state index is 13.5. The number of hydrogen-bond acceptors (Lipinski definition) is 4. The number of rotatable bonds is 1. The fourth-order valence-corrected chi connectivity index (χ4v) is 4.12. The Bertz CT molecular complexity index is 777. The van der Waals surface area contributed by atoms with Crippen LogP contribution in [0, 0.1) is 11.2 Å². The van der Waals surface area contributed by atoms with Gasteiger partial charge >= 0.3 is 0 Å². The fraction of sp³-hybridized carbons (Fsp3) is 0.591. The molecule has 2 heterocycles. The van der Waals surface area contributed by atoms with E-state index in [2.05, 4.69) is 10.6 Å². The zero-order valence-corrected chi connectivity index (χ0v) is 17.4. The SMILES string of the molecule is C[C@@H]1NC(=O)C2(CCCCOCCNC1=O)CCN(C(=O)c1cccc(F)c1)CC2. The van der Waals surface area contributed by atoms with Gasteiger partial charge in [0.15, 0.2) is 0 Å². The van der Waals surface area contributed by atoms with Crippen LogP contribution in [0.5, 0.6) is 0 Å². The molecule has 1 aromatic rings. The minimum atomic E-state index is -0.637. The van der Waals surface area contributed by atoms with E-state index in [1.54, 1.807) is 17.9 Å². The quantitative estimate of drug-likeness (QED) is 0.728. The molecule has 30 heavy (non-hydrogen) atoms. The van der Waals surface area contributed by atoms with Crippen LogP contribution in [-0.4, -0.2) is 61.5 Å². The van der Waals surface area contributed by atoms with Crippen molar-refractivity contribution in [1.82, 2.24) is 15.5 Å². The molecule has 0 bridgehead atoms. The molecule has 3 rings (SSSR count). The number of hydrogen-bond donors (Lipinski definition) is 2. The van der Waals surface area contributed by atoms with Gasteiger partial charge in [0.25, 0.3) is 5.91 Å². The number of ether oxygens (including phenoxy) is 1. The van der Waals surface area contributed by atoms with Crippen LogP contribution < -0.4 is 10.6 Å². The van der Waals surface area contributed by atoms with Crippen molar-refractivity contribution in [2.45, 2.75) is 45.1 Å². The highest BCUT2D eigenvalue weighted by Gasteiger charge is 2.42. The second kappa shape index (κ2) is 10.0. The van der Waals surface area contributed by atoms with Gasteiger partial charge in [-0.25, -0.2) is 4.39 Å². The van der Waals surface area contributed by atoms with Gasteiger partial charge in [-0.05, 0) is 50.8 Å². The van der Waals surface area contributed by atoms with Gasteiger partial charge in [0.1, 0.15) is 11.9 Å². The molecule has 2 saturated heterocycles. The second-order valence-corrected chi connectivity index (χ2v) is 8.14. The lowest BCUT2D eigenvalue weighted by atomic mass is 9.73. The van der Waals surface area contributed by atoms with Gasteiger partial charge in [0.2, 0.25) is 11.8 Å². The molecule has 1 atom stereocenters. The van der Waals surface area contributed by atoms with Crippen LogP contribution in [0.3, 0.4) is 0 Å². The molecular formula is C22H30FN3O4. The highest BCUT2D eigenvalue weighted by molar-refractivity contribution is 5.95. The molecule has 164 valence electrons. The number of carbonyl (C=O) groups excluding carboxylic acids is 3. The van der Waals surface area contributed by atoms with Gasteiger partial charge in [-0.2, -0.15) is 0 Å². The zero-order chi connectivity index (χ0) is 21.6. The first kappa shape index (κ1) is 22.2. The fourth-order valence-electron chi connectivity index (χ4n) is 4.12. The summed E-state index contributed by atoms with van der Waals surface area (Å²) in [5.74, 6) is -1.04. The molecule has 0 radical (unpaired) electrons. The Kier molecular flexibility index (Phi) is 7.42. The van der Waals surface area contributed by atoms with Gasteiger partial charge in [-0.3, -0.25) is 14.4 Å². The van der Waals surface area contributed by atoms with Gasteiger partial charge in [0, 0.05) is 31.8 Å². The zero-order valence-electron chi connectivity index (χ0n) is 17.4. The topological polar surface area (TPSA) is 87.7 Å². The lowest BCUT2D eigenvalue weighted by Crippen LogP contribution is -2.54. The Morgan fingerprint density at radius 3 is 2.67 bits per heavy atom. The molecule has 8 heteroatoms. The van der Waals surface area contributed by atoms with Gasteiger partial charge < -0.3 is 20.3 Å². The number of amides is 3. The average Bonchev–Trinajstić information content (AvgIpc) is 2.75. The van der Waals surface area contributed by atoms with Crippen molar-refractivity contribution in [3.05, 3.63) is 35.6 Å². The molecule has 2 aliphatic rings. The van der Waals surface area contributed by atoms with Crippen molar-refractivity contribution in [2.24, 2.45) is 5.41 Å². The Labute approximate surface area is 176 Å². The van der Waals surface area contributed by atoms with E-state index >= 15 is 0 Å². The van der Waals surface area contributed by atoms with E-state index in [1.807, 2.05) is 0 Å². The summed E-state index contributed by atoms with van der Waals surface area (Å²) in [7, 11) is 0. The molecule has 0 aliphatic carbocycles. The first-order valence-corrected chi connectivity index (χ1v) is 10.6. The van der Waals surface area contributed by atoms with Crippen LogP contribution in [0.15, 0.2) is 24.3 Å². The van der Waals surface area contributed by atoms with Crippen LogP contribution in [0.1, 0.15) is 49.4 Å². The van der Waals surface area contributed by atoms with Crippen LogP contribution in [-0.2, 0) is 14.3 Å². The largest absolute Gasteiger partial charge is 0.380 e. The monoisotopic (exact) mass is 419 g/mol. The number of nitrogens with one attached hydrogen (secondary N) is 2. The molecule has 0 unspecified atom stereocenters. The van der Waals surface area contributed by atoms with E-state index in [4.69, 9.17) is 4.74 Å². The molecule has 2 fully saturated rings. The van der Waals surface area contributed by atoms with E-state index in [0.717, 1.165) is 12.8 Å². The first-order chi connectivity index (χ1) is 14.4. The molecular weight excluding hydrogens is 389 g/mol. The lowest BCUT2D eigenvalue weighted by molar-refractivity contribution is -0.137. The van der Waals surface area contributed by atoms with E-state index < -0.39 is 17.3 Å². The van der Waals surface area contributed by atoms with Crippen molar-refractivity contribution >= 4 is 17.7 Å². The number of likely N-dealkylation sites (tertiary alicyclic amines) is 1. The minimum Gasteiger partial charge on any atom is -0.380 e. The number of piperidine rings is 1. The van der Waals surface area contributed by atoms with Gasteiger partial charge in [-0.1, -0.05) is 12.5 Å². The van der Waals surface area contributed by atoms with Crippen LogP contribution in [0.25, 0.3) is 0 Å². The molecule has 1 aromatic carbocycles. The Morgan fingerprint density at radius 1 is 1.17 bits per heavy atom. The third-order valence-electron chi connectivity index (χ3n) is 6.04. The number of carbonyl (C=O) groups is 3. The van der Waals surface area contributed by atoms with E-state index in [1.165, 1.54) is 18.2 Å². The van der Waals surface area contributed by atoms with Gasteiger partial charge in [-0.15, -0.1) is 0 Å². The highest BCUT2D eigenvalue weighted by Crippen LogP contribution is 2.37. The molecule has 7 nitrogen and oxygen atoms in total. The third-order valence-corrected chi connectivity index (χ3v) is 6.04. The minimum absolute atomic E-state index is 0.136. The normalized spacial score (nSPS) is 23.5. The average molecular weight is 419 g/mol. The lowest BCUT2D eigenvalue weighted by Gasteiger charge is -2.41. The summed E-state index contributed by atoms with van der Waals surface area (Å²) < 4.78 is 19.0. The number of benzene rings is 1. The molecule has 2 aliphatic heterocycles.